The Bertz CT molecular complexity index is 1460. The van der Waals surface area contributed by atoms with Crippen molar-refractivity contribution in [2.45, 2.75) is 6.61 Å². The van der Waals surface area contributed by atoms with E-state index in [2.05, 4.69) is 20.5 Å². The summed E-state index contributed by atoms with van der Waals surface area (Å²) >= 11 is 6.24. The average Bonchev–Trinajstić information content (AvgIpc) is 2.88. The summed E-state index contributed by atoms with van der Waals surface area (Å²) in [5.74, 6) is 1.09. The lowest BCUT2D eigenvalue weighted by atomic mass is 10.1. The molecule has 4 rings (SSSR count). The second-order valence-electron chi connectivity index (χ2n) is 7.24. The number of halogens is 1. The maximum Gasteiger partial charge on any atom is 0.270 e. The third-order valence-corrected chi connectivity index (χ3v) is 5.38. The molecular weight excluding hydrogens is 466 g/mol. The summed E-state index contributed by atoms with van der Waals surface area (Å²) in [4.78, 5) is 19.3. The number of hydrogen-bond donors (Lipinski definition) is 2. The number of benzene rings is 3. The molecule has 2 N–H and O–H groups in total. The topological polar surface area (TPSA) is 112 Å². The second kappa shape index (κ2) is 11.0. The largest absolute Gasteiger partial charge is 0.493 e. The van der Waals surface area contributed by atoms with Gasteiger partial charge in [0.2, 0.25) is 5.95 Å². The molecule has 1 heterocycles. The highest BCUT2D eigenvalue weighted by molar-refractivity contribution is 6.31. The maximum absolute atomic E-state index is 12.4. The lowest BCUT2D eigenvalue weighted by Gasteiger charge is -2.14. The number of H-pyrrole nitrogens is 1. The molecule has 0 amide bonds. The van der Waals surface area contributed by atoms with E-state index in [1.165, 1.54) is 6.21 Å². The van der Waals surface area contributed by atoms with Gasteiger partial charge in [-0.05, 0) is 18.2 Å². The number of anilines is 1. The van der Waals surface area contributed by atoms with Crippen LogP contribution in [0.15, 0.2) is 82.7 Å². The molecule has 9 heteroatoms. The molecule has 35 heavy (non-hydrogen) atoms. The van der Waals surface area contributed by atoms with E-state index >= 15 is 0 Å². The van der Waals surface area contributed by atoms with E-state index in [9.17, 15) is 10.1 Å². The van der Waals surface area contributed by atoms with Crippen LogP contribution < -0.4 is 20.5 Å². The Morgan fingerprint density at radius 2 is 1.89 bits per heavy atom. The van der Waals surface area contributed by atoms with Crippen LogP contribution in [0.1, 0.15) is 16.7 Å². The van der Waals surface area contributed by atoms with Crippen molar-refractivity contribution in [3.63, 3.8) is 0 Å². The third-order valence-electron chi connectivity index (χ3n) is 5.01. The van der Waals surface area contributed by atoms with Crippen molar-refractivity contribution in [1.29, 1.82) is 5.26 Å². The summed E-state index contributed by atoms with van der Waals surface area (Å²) < 4.78 is 11.5. The minimum atomic E-state index is -0.566. The van der Waals surface area contributed by atoms with E-state index in [1.807, 2.05) is 30.3 Å². The number of aromatic amines is 1. The Morgan fingerprint density at radius 1 is 1.11 bits per heavy atom. The van der Waals surface area contributed by atoms with Gasteiger partial charge in [0.1, 0.15) is 18.2 Å². The van der Waals surface area contributed by atoms with Gasteiger partial charge in [0.05, 0.1) is 19.0 Å². The number of ether oxygens (including phenoxy) is 2. The predicted octanol–water partition coefficient (Wildman–Crippen LogP) is 5.00. The summed E-state index contributed by atoms with van der Waals surface area (Å²) in [6.07, 6.45) is 1.52. The van der Waals surface area contributed by atoms with Crippen molar-refractivity contribution < 1.29 is 9.47 Å². The fourth-order valence-corrected chi connectivity index (χ4v) is 3.50. The predicted molar refractivity (Wildman–Crippen MR) is 135 cm³/mol. The Morgan fingerprint density at radius 3 is 2.63 bits per heavy atom. The van der Waals surface area contributed by atoms with Crippen molar-refractivity contribution in [3.05, 3.63) is 105 Å². The average molecular weight is 486 g/mol. The monoisotopic (exact) mass is 485 g/mol. The van der Waals surface area contributed by atoms with E-state index in [0.29, 0.717) is 27.6 Å². The molecule has 174 valence electrons. The quantitative estimate of drug-likeness (QED) is 0.268. The summed E-state index contributed by atoms with van der Waals surface area (Å²) in [6, 6.07) is 23.7. The maximum atomic E-state index is 12.4. The molecule has 0 unspecified atom stereocenters. The van der Waals surface area contributed by atoms with Crippen LogP contribution in [-0.2, 0) is 6.61 Å². The molecule has 0 aliphatic carbocycles. The smallest absolute Gasteiger partial charge is 0.270 e. The third kappa shape index (κ3) is 5.49. The lowest BCUT2D eigenvalue weighted by molar-refractivity contribution is 0.284. The summed E-state index contributed by atoms with van der Waals surface area (Å²) in [7, 11) is 1.55. The van der Waals surface area contributed by atoms with E-state index < -0.39 is 5.56 Å². The van der Waals surface area contributed by atoms with Crippen LogP contribution >= 0.6 is 11.6 Å². The molecule has 0 aliphatic rings. The molecule has 3 aromatic carbocycles. The number of methoxy groups -OCH3 is 1. The van der Waals surface area contributed by atoms with Gasteiger partial charge in [0, 0.05) is 21.7 Å². The van der Waals surface area contributed by atoms with Crippen molar-refractivity contribution in [2.75, 3.05) is 12.5 Å². The Labute approximate surface area is 206 Å². The molecule has 0 saturated carbocycles. The highest BCUT2D eigenvalue weighted by Gasteiger charge is 2.14. The zero-order valence-corrected chi connectivity index (χ0v) is 19.4. The van der Waals surface area contributed by atoms with Gasteiger partial charge in [-0.1, -0.05) is 66.2 Å². The van der Waals surface area contributed by atoms with Crippen molar-refractivity contribution in [3.8, 4) is 28.8 Å². The zero-order valence-electron chi connectivity index (χ0n) is 18.7. The second-order valence-corrected chi connectivity index (χ2v) is 7.65. The number of nitrogens with one attached hydrogen (secondary N) is 2. The Balaban J connectivity index is 1.59. The number of hydrogen-bond acceptors (Lipinski definition) is 7. The first-order valence-electron chi connectivity index (χ1n) is 10.5. The SMILES string of the molecule is COc1cccc(C=NNc2nc(-c3ccccc3)c(C#N)c(=O)[nH]2)c1OCc1ccccc1Cl. The molecule has 0 aliphatic heterocycles. The van der Waals surface area contributed by atoms with Gasteiger partial charge < -0.3 is 9.47 Å². The number of hydrazone groups is 1. The summed E-state index contributed by atoms with van der Waals surface area (Å²) in [5, 5.41) is 14.2. The van der Waals surface area contributed by atoms with Crippen LogP contribution in [0.25, 0.3) is 11.3 Å². The fraction of sp³-hybridized carbons (Fsp3) is 0.0769. The molecule has 4 aromatic rings. The van der Waals surface area contributed by atoms with Gasteiger partial charge in [-0.2, -0.15) is 10.4 Å². The van der Waals surface area contributed by atoms with Gasteiger partial charge in [-0.3, -0.25) is 9.78 Å². The normalized spacial score (nSPS) is 10.7. The zero-order chi connectivity index (χ0) is 24.6. The Hall–Kier alpha value is -4.61. The highest BCUT2D eigenvalue weighted by atomic mass is 35.5. The first-order valence-corrected chi connectivity index (χ1v) is 10.9. The minimum absolute atomic E-state index is 0.0752. The van der Waals surface area contributed by atoms with Crippen LogP contribution in [0.4, 0.5) is 5.95 Å². The molecule has 0 saturated heterocycles. The van der Waals surface area contributed by atoms with Crippen LogP contribution in [0.3, 0.4) is 0 Å². The number of para-hydroxylation sites is 1. The number of rotatable bonds is 8. The highest BCUT2D eigenvalue weighted by Crippen LogP contribution is 2.31. The van der Waals surface area contributed by atoms with E-state index in [4.69, 9.17) is 21.1 Å². The van der Waals surface area contributed by atoms with Gasteiger partial charge in [0.15, 0.2) is 11.5 Å². The van der Waals surface area contributed by atoms with Crippen LogP contribution in [-0.4, -0.2) is 23.3 Å². The summed E-state index contributed by atoms with van der Waals surface area (Å²) in [5.41, 5.74) is 4.44. The van der Waals surface area contributed by atoms with Crippen LogP contribution in [0.2, 0.25) is 5.02 Å². The lowest BCUT2D eigenvalue weighted by Crippen LogP contribution is -2.16. The number of aromatic nitrogens is 2. The van der Waals surface area contributed by atoms with Crippen LogP contribution in [0, 0.1) is 11.3 Å². The van der Waals surface area contributed by atoms with E-state index in [0.717, 1.165) is 5.56 Å². The van der Waals surface area contributed by atoms with E-state index in [1.54, 1.807) is 55.6 Å². The minimum Gasteiger partial charge on any atom is -0.493 e. The molecule has 1 aromatic heterocycles. The summed E-state index contributed by atoms with van der Waals surface area (Å²) in [6.45, 7) is 0.235. The molecular formula is C26H20ClN5O3. The molecule has 0 fully saturated rings. The molecule has 8 nitrogen and oxygen atoms in total. The molecule has 0 bridgehead atoms. The Kier molecular flexibility index (Phi) is 7.40. The fourth-order valence-electron chi connectivity index (χ4n) is 3.31. The number of nitrogens with zero attached hydrogens (tertiary/aromatic N) is 3. The van der Waals surface area contributed by atoms with Crippen molar-refractivity contribution in [1.82, 2.24) is 9.97 Å². The molecule has 0 radical (unpaired) electrons. The molecule has 0 spiro atoms. The van der Waals surface area contributed by atoms with E-state index in [-0.39, 0.29) is 23.8 Å². The number of nitriles is 1. The van der Waals surface area contributed by atoms with Gasteiger partial charge >= 0.3 is 0 Å². The van der Waals surface area contributed by atoms with Crippen LogP contribution in [0.5, 0.6) is 11.5 Å². The van der Waals surface area contributed by atoms with Gasteiger partial charge in [-0.25, -0.2) is 10.4 Å². The van der Waals surface area contributed by atoms with Crippen molar-refractivity contribution in [2.24, 2.45) is 5.10 Å². The van der Waals surface area contributed by atoms with Gasteiger partial charge in [0.25, 0.3) is 5.56 Å². The van der Waals surface area contributed by atoms with Gasteiger partial charge in [-0.15, -0.1) is 0 Å². The first-order chi connectivity index (χ1) is 17.1. The van der Waals surface area contributed by atoms with Crippen molar-refractivity contribution >= 4 is 23.8 Å². The first kappa shape index (κ1) is 23.5. The molecule has 0 atom stereocenters. The standard InChI is InChI=1S/C26H20ClN5O3/c1-34-22-13-7-11-18(24(22)35-16-19-10-5-6-12-21(19)27)15-29-32-26-30-23(17-8-3-2-4-9-17)20(14-28)25(33)31-26/h2-13,15H,16H2,1H3,(H2,30,31,32,33).